The maximum Gasteiger partial charge on any atom is 0.496 e. The molecule has 24 heteroatoms. The van der Waals surface area contributed by atoms with Crippen molar-refractivity contribution in [2.45, 2.75) is 129 Å². The van der Waals surface area contributed by atoms with Gasteiger partial charge in [-0.25, -0.2) is 19.2 Å². The smallest absolute Gasteiger partial charge is 0.444 e. The molecule has 0 bridgehead atoms. The molecule has 3 aliphatic heterocycles. The molecule has 0 radical (unpaired) electrons. The van der Waals surface area contributed by atoms with E-state index < -0.39 is 11.2 Å². The van der Waals surface area contributed by atoms with Gasteiger partial charge < -0.3 is 28.6 Å². The number of pyridine rings is 4. The summed E-state index contributed by atoms with van der Waals surface area (Å²) in [5, 5.41) is 10.3. The van der Waals surface area contributed by atoms with E-state index in [0.29, 0.717) is 51.9 Å². The molecule has 0 saturated carbocycles. The summed E-state index contributed by atoms with van der Waals surface area (Å²) in [6.45, 7) is 21.6. The lowest BCUT2D eigenvalue weighted by molar-refractivity contribution is 0.00578. The van der Waals surface area contributed by atoms with Crippen molar-refractivity contribution < 1.29 is 28.4 Å². The number of nitrogens with zero attached hydrogens (tertiary/aromatic N) is 14. The van der Waals surface area contributed by atoms with Crippen LogP contribution in [0.1, 0.15) is 107 Å². The summed E-state index contributed by atoms with van der Waals surface area (Å²) < 4.78 is 34.7. The van der Waals surface area contributed by atoms with Crippen LogP contribution in [0, 0.1) is 0 Å². The number of piperidine rings is 2. The number of amides is 2. The second-order valence-corrected chi connectivity index (χ2v) is 27.4. The number of hydrogen-bond donors (Lipinski definition) is 0. The quantitative estimate of drug-likeness (QED) is 0.141. The van der Waals surface area contributed by atoms with Gasteiger partial charge >= 0.3 is 30.7 Å². The fourth-order valence-electron chi connectivity index (χ4n) is 11.7. The minimum Gasteiger partial charge on any atom is -0.444 e. The number of carbonyl (C=O) groups excluding carboxylic acids is 2. The zero-order valence-electron chi connectivity index (χ0n) is 53.7. The Labute approximate surface area is 531 Å². The van der Waals surface area contributed by atoms with E-state index in [0.717, 1.165) is 87.4 Å². The largest absolute Gasteiger partial charge is 0.496 e. The van der Waals surface area contributed by atoms with Gasteiger partial charge in [-0.05, 0) is 143 Å². The third-order valence-corrected chi connectivity index (χ3v) is 17.7. The monoisotopic (exact) mass is 1280 g/mol. The highest BCUT2D eigenvalue weighted by molar-refractivity contribution is 9.10. The maximum atomic E-state index is 13.5. The van der Waals surface area contributed by atoms with Gasteiger partial charge in [0.1, 0.15) is 11.2 Å². The number of hydrogen-bond acceptors (Lipinski definition) is 14. The van der Waals surface area contributed by atoms with Crippen LogP contribution >= 0.6 is 15.9 Å². The van der Waals surface area contributed by atoms with Gasteiger partial charge in [0.2, 0.25) is 0 Å². The van der Waals surface area contributed by atoms with E-state index in [1.54, 1.807) is 67.2 Å². The predicted molar refractivity (Wildman–Crippen MR) is 352 cm³/mol. The van der Waals surface area contributed by atoms with Gasteiger partial charge in [0, 0.05) is 129 Å². The third-order valence-electron chi connectivity index (χ3n) is 17.2. The molecule has 470 valence electrons. The number of likely N-dealkylation sites (tertiary alicyclic amines) is 2. The van der Waals surface area contributed by atoms with Gasteiger partial charge in [-0.15, -0.1) is 0 Å². The molecule has 3 saturated heterocycles. The summed E-state index contributed by atoms with van der Waals surface area (Å²) in [7, 11) is 6.97. The molecule has 2 aromatic carbocycles. The molecule has 2 amide bonds. The first-order valence-corrected chi connectivity index (χ1v) is 31.2. The number of fused-ring (bicyclic) bond motifs is 6. The molecule has 10 aromatic rings. The first kappa shape index (κ1) is 63.1. The average Bonchev–Trinajstić information content (AvgIpc) is 1.58. The van der Waals surface area contributed by atoms with Gasteiger partial charge in [-0.3, -0.25) is 47.6 Å². The van der Waals surface area contributed by atoms with Crippen molar-refractivity contribution in [1.29, 1.82) is 0 Å². The molecule has 90 heavy (non-hydrogen) atoms. The molecule has 11 heterocycles. The number of aromatic nitrogens is 12. The Hall–Kier alpha value is -8.48. The summed E-state index contributed by atoms with van der Waals surface area (Å²) >= 11 is 3.53. The number of ether oxygens (including phenoxy) is 2. The van der Waals surface area contributed by atoms with Gasteiger partial charge in [-0.2, -0.15) is 10.2 Å². The number of benzene rings is 2. The average molecular weight is 1290 g/mol. The van der Waals surface area contributed by atoms with Crippen LogP contribution in [-0.4, -0.2) is 135 Å². The Bertz CT molecular complexity index is 4420. The fraction of sp³-hybridized carbons (Fsp3) is 0.424. The number of carbonyl (C=O) groups is 2. The van der Waals surface area contributed by atoms with Gasteiger partial charge in [0.25, 0.3) is 0 Å². The second kappa shape index (κ2) is 24.4. The zero-order valence-corrected chi connectivity index (χ0v) is 55.3. The van der Waals surface area contributed by atoms with Crippen molar-refractivity contribution >= 4 is 84.6 Å². The molecular formula is C66H78BBrN14O8. The topological polar surface area (TPSA) is 219 Å². The third kappa shape index (κ3) is 13.0. The highest BCUT2D eigenvalue weighted by Crippen LogP contribution is 2.38. The highest BCUT2D eigenvalue weighted by Gasteiger charge is 2.52. The summed E-state index contributed by atoms with van der Waals surface area (Å²) in [5.74, 6) is 0. The van der Waals surface area contributed by atoms with Crippen molar-refractivity contribution in [3.05, 3.63) is 136 Å². The van der Waals surface area contributed by atoms with E-state index in [-0.39, 0.29) is 54.0 Å². The van der Waals surface area contributed by atoms with Crippen LogP contribution in [0.15, 0.2) is 124 Å². The van der Waals surface area contributed by atoms with E-state index in [2.05, 4.69) is 58.2 Å². The van der Waals surface area contributed by atoms with Crippen molar-refractivity contribution in [2.24, 2.45) is 28.2 Å². The SMILES string of the molecule is Cn1c(=O)n(C2CCN(C(=O)OC(C)(C)C)CC2)c2c3cc(Br)ccc3ncc21.Cn1cc(-c2ccc(-c3ccc4ncc5c(c4c3)n(C3CCN(C(=O)OC(C)(C)C)CC3)c(=O)n5C)cn2)cn1.Cn1cc(-c2ccc(B3OC(C)(C)C(C)(C)O3)cn2)cn1. The second-order valence-electron chi connectivity index (χ2n) is 26.5. The molecule has 0 aliphatic carbocycles. The van der Waals surface area contributed by atoms with E-state index in [1.165, 1.54) is 0 Å². The molecule has 0 N–H and O–H groups in total. The summed E-state index contributed by atoms with van der Waals surface area (Å²) in [5.41, 5.74) is 9.81. The van der Waals surface area contributed by atoms with Crippen LogP contribution in [0.5, 0.6) is 0 Å². The van der Waals surface area contributed by atoms with Crippen LogP contribution in [0.2, 0.25) is 0 Å². The molecule has 8 aromatic heterocycles. The van der Waals surface area contributed by atoms with E-state index in [1.807, 2.05) is 166 Å². The summed E-state index contributed by atoms with van der Waals surface area (Å²) in [6, 6.07) is 20.0. The molecule has 3 aliphatic rings. The number of halogens is 1. The molecular weight excluding hydrogens is 1210 g/mol. The van der Waals surface area contributed by atoms with Crippen LogP contribution in [0.25, 0.3) is 77.5 Å². The van der Waals surface area contributed by atoms with E-state index in [9.17, 15) is 19.2 Å². The van der Waals surface area contributed by atoms with Gasteiger partial charge in [-0.1, -0.05) is 34.1 Å². The van der Waals surface area contributed by atoms with Crippen molar-refractivity contribution in [1.82, 2.24) is 67.6 Å². The predicted octanol–water partition coefficient (Wildman–Crippen LogP) is 10.9. The molecule has 3 fully saturated rings. The highest BCUT2D eigenvalue weighted by atomic mass is 79.9. The van der Waals surface area contributed by atoms with Gasteiger partial charge in [0.15, 0.2) is 0 Å². The minimum absolute atomic E-state index is 0.0227. The Morgan fingerprint density at radius 3 is 1.39 bits per heavy atom. The first-order valence-electron chi connectivity index (χ1n) is 30.4. The van der Waals surface area contributed by atoms with Crippen LogP contribution < -0.4 is 16.8 Å². The first-order chi connectivity index (χ1) is 42.5. The van der Waals surface area contributed by atoms with Crippen molar-refractivity contribution in [3.63, 3.8) is 0 Å². The molecule has 13 rings (SSSR count). The number of rotatable bonds is 6. The Morgan fingerprint density at radius 1 is 0.544 bits per heavy atom. The van der Waals surface area contributed by atoms with Crippen molar-refractivity contribution in [3.8, 4) is 33.6 Å². The fourth-order valence-corrected chi connectivity index (χ4v) is 12.0. The summed E-state index contributed by atoms with van der Waals surface area (Å²) in [4.78, 5) is 73.4. The number of imidazole rings is 2. The minimum atomic E-state index is -0.543. The maximum absolute atomic E-state index is 13.5. The van der Waals surface area contributed by atoms with E-state index >= 15 is 0 Å². The Morgan fingerprint density at radius 2 is 0.978 bits per heavy atom. The molecule has 0 atom stereocenters. The zero-order chi connectivity index (χ0) is 64.4. The lowest BCUT2D eigenvalue weighted by Crippen LogP contribution is -2.43. The normalized spacial score (nSPS) is 16.4. The lowest BCUT2D eigenvalue weighted by Gasteiger charge is -2.33. The molecule has 0 spiro atoms. The molecule has 0 unspecified atom stereocenters. The van der Waals surface area contributed by atoms with Crippen LogP contribution in [0.3, 0.4) is 0 Å². The van der Waals surface area contributed by atoms with Crippen LogP contribution in [0.4, 0.5) is 9.59 Å². The Balaban J connectivity index is 0.000000146. The summed E-state index contributed by atoms with van der Waals surface area (Å²) in [6.07, 6.45) is 16.8. The Kier molecular flexibility index (Phi) is 17.1. The molecule has 22 nitrogen and oxygen atoms in total. The van der Waals surface area contributed by atoms with Gasteiger partial charge in [0.05, 0.1) is 80.5 Å². The standard InChI is InChI=1S/C30H33N7O3.C21H25BrN4O3.C15H20BN3O2/c1-30(2,3)40-29(39)36-12-10-22(11-13-36)37-27-23-14-19(6-9-25(23)32-17-26(27)35(5)28(37)38)20-7-8-24(31-15-20)21-16-33-34(4)18-21;1-21(2,3)29-20(28)25-9-7-14(8-10-25)26-18-15-11-13(22)5-6-16(15)23-12-17(18)24(4)19(26)27;1-14(2)15(3,4)21-16(20-14)12-6-7-13(17-9-12)11-8-18-19(5)10-11/h6-9,14-18,22H,10-13H2,1-5H3;5-6,11-12,14H,7-10H2,1-4H3;6-10H,1-5H3. The number of aryl methyl sites for hydroxylation is 4. The van der Waals surface area contributed by atoms with E-state index in [4.69, 9.17) is 18.8 Å². The van der Waals surface area contributed by atoms with Crippen molar-refractivity contribution in [2.75, 3.05) is 26.2 Å². The van der Waals surface area contributed by atoms with Crippen LogP contribution in [-0.2, 0) is 47.0 Å². The lowest BCUT2D eigenvalue weighted by atomic mass is 9.80.